The largest absolute Gasteiger partial charge is 0.468 e. The maximum Gasteiger partial charge on any atom is 0.316 e. The third-order valence-electron chi connectivity index (χ3n) is 2.96. The first kappa shape index (κ1) is 13.4. The van der Waals surface area contributed by atoms with Gasteiger partial charge in [-0.15, -0.1) is 0 Å². The topological polar surface area (TPSA) is 43.4 Å². The Hall–Kier alpha value is -1.64. The number of Topliss-reactive ketones (excluding diaryl/α,β-unsaturated/α-hetero) is 1. The molecule has 0 radical (unpaired) electrons. The number of carbonyl (C=O) groups excluding carboxylic acids is 2. The molecule has 2 atom stereocenters. The summed E-state index contributed by atoms with van der Waals surface area (Å²) in [6.07, 6.45) is 0.726. The van der Waals surface area contributed by atoms with Gasteiger partial charge in [-0.2, -0.15) is 0 Å². The van der Waals surface area contributed by atoms with E-state index in [-0.39, 0.29) is 11.7 Å². The average Bonchev–Trinajstić information content (AvgIpc) is 2.35. The van der Waals surface area contributed by atoms with Gasteiger partial charge in [-0.25, -0.2) is 0 Å². The molecule has 0 bridgehead atoms. The summed E-state index contributed by atoms with van der Waals surface area (Å²) < 4.78 is 4.72. The van der Waals surface area contributed by atoms with Gasteiger partial charge in [0, 0.05) is 5.92 Å². The molecule has 0 heterocycles. The zero-order valence-corrected chi connectivity index (χ0v) is 10.5. The van der Waals surface area contributed by atoms with Crippen LogP contribution in [0.5, 0.6) is 0 Å². The van der Waals surface area contributed by atoms with Crippen LogP contribution in [0.4, 0.5) is 0 Å². The van der Waals surface area contributed by atoms with Crippen LogP contribution in [0.25, 0.3) is 0 Å². The molecule has 0 unspecified atom stereocenters. The molecule has 0 aromatic heterocycles. The van der Waals surface area contributed by atoms with Gasteiger partial charge >= 0.3 is 5.97 Å². The number of hydrogen-bond donors (Lipinski definition) is 0. The predicted molar refractivity (Wildman–Crippen MR) is 65.7 cm³/mol. The number of benzene rings is 1. The summed E-state index contributed by atoms with van der Waals surface area (Å²) in [6.45, 7) is 3.41. The summed E-state index contributed by atoms with van der Waals surface area (Å²) in [4.78, 5) is 23.3. The molecule has 0 aliphatic heterocycles. The Labute approximate surface area is 102 Å². The van der Waals surface area contributed by atoms with Crippen LogP contribution < -0.4 is 0 Å². The molecule has 1 rings (SSSR count). The minimum absolute atomic E-state index is 0.110. The fourth-order valence-corrected chi connectivity index (χ4v) is 2.10. The molecule has 0 aliphatic rings. The highest BCUT2D eigenvalue weighted by molar-refractivity contribution is 5.98. The second-order valence-corrected chi connectivity index (χ2v) is 4.04. The molecule has 0 saturated heterocycles. The minimum Gasteiger partial charge on any atom is -0.468 e. The Bertz CT molecular complexity index is 384. The standard InChI is InChI=1S/C14H18O3/c1-4-12(11-8-6-5-7-9-11)13(10(2)15)14(16)17-3/h5-9,12-13H,4H2,1-3H3/t12-,13+/m0/s1. The molecular weight excluding hydrogens is 216 g/mol. The maximum absolute atomic E-state index is 11.7. The highest BCUT2D eigenvalue weighted by atomic mass is 16.5. The van der Waals surface area contributed by atoms with E-state index in [4.69, 9.17) is 4.74 Å². The van der Waals surface area contributed by atoms with Crippen LogP contribution >= 0.6 is 0 Å². The average molecular weight is 234 g/mol. The van der Waals surface area contributed by atoms with E-state index in [1.165, 1.54) is 14.0 Å². The van der Waals surface area contributed by atoms with Gasteiger partial charge in [-0.05, 0) is 18.9 Å². The first-order valence-corrected chi connectivity index (χ1v) is 5.75. The zero-order chi connectivity index (χ0) is 12.8. The number of ketones is 1. The predicted octanol–water partition coefficient (Wildman–Crippen LogP) is 2.56. The van der Waals surface area contributed by atoms with Crippen molar-refractivity contribution in [1.29, 1.82) is 0 Å². The molecular formula is C14H18O3. The molecule has 3 nitrogen and oxygen atoms in total. The van der Waals surface area contributed by atoms with Gasteiger partial charge in [0.2, 0.25) is 0 Å². The van der Waals surface area contributed by atoms with Crippen molar-refractivity contribution in [2.75, 3.05) is 7.11 Å². The summed E-state index contributed by atoms with van der Waals surface area (Å²) in [6, 6.07) is 9.61. The lowest BCUT2D eigenvalue weighted by atomic mass is 9.82. The van der Waals surface area contributed by atoms with Gasteiger partial charge in [-0.1, -0.05) is 37.3 Å². The Morgan fingerprint density at radius 2 is 1.82 bits per heavy atom. The smallest absolute Gasteiger partial charge is 0.316 e. The van der Waals surface area contributed by atoms with Crippen LogP contribution in [0.2, 0.25) is 0 Å². The summed E-state index contributed by atoms with van der Waals surface area (Å²) in [5, 5.41) is 0. The van der Waals surface area contributed by atoms with Crippen LogP contribution in [0, 0.1) is 5.92 Å². The molecule has 1 aromatic carbocycles. The number of hydrogen-bond acceptors (Lipinski definition) is 3. The van der Waals surface area contributed by atoms with Crippen molar-refractivity contribution >= 4 is 11.8 Å². The SMILES string of the molecule is CC[C@@H](c1ccccc1)[C@@H](C(C)=O)C(=O)OC. The summed E-state index contributed by atoms with van der Waals surface area (Å²) in [7, 11) is 1.32. The molecule has 0 saturated carbocycles. The third-order valence-corrected chi connectivity index (χ3v) is 2.96. The van der Waals surface area contributed by atoms with E-state index in [0.717, 1.165) is 12.0 Å². The Morgan fingerprint density at radius 1 is 1.24 bits per heavy atom. The van der Waals surface area contributed by atoms with E-state index in [2.05, 4.69) is 0 Å². The second kappa shape index (κ2) is 6.18. The van der Waals surface area contributed by atoms with Crippen LogP contribution in [0.1, 0.15) is 31.7 Å². The fourth-order valence-electron chi connectivity index (χ4n) is 2.10. The molecule has 1 aromatic rings. The van der Waals surface area contributed by atoms with Crippen molar-refractivity contribution in [2.24, 2.45) is 5.92 Å². The second-order valence-electron chi connectivity index (χ2n) is 4.04. The monoisotopic (exact) mass is 234 g/mol. The first-order valence-electron chi connectivity index (χ1n) is 5.75. The Kier molecular flexibility index (Phi) is 4.88. The molecule has 0 amide bonds. The number of rotatable bonds is 5. The van der Waals surface area contributed by atoms with E-state index < -0.39 is 11.9 Å². The lowest BCUT2D eigenvalue weighted by Gasteiger charge is -2.22. The van der Waals surface area contributed by atoms with Crippen LogP contribution in [0.15, 0.2) is 30.3 Å². The number of esters is 1. The zero-order valence-electron chi connectivity index (χ0n) is 10.5. The van der Waals surface area contributed by atoms with Gasteiger partial charge in [0.25, 0.3) is 0 Å². The molecule has 0 N–H and O–H groups in total. The molecule has 0 fully saturated rings. The van der Waals surface area contributed by atoms with Gasteiger partial charge in [0.05, 0.1) is 7.11 Å². The fraction of sp³-hybridized carbons (Fsp3) is 0.429. The van der Waals surface area contributed by atoms with E-state index in [1.54, 1.807) is 0 Å². The van der Waals surface area contributed by atoms with E-state index in [1.807, 2.05) is 37.3 Å². The summed E-state index contributed by atoms with van der Waals surface area (Å²) >= 11 is 0. The number of methoxy groups -OCH3 is 1. The van der Waals surface area contributed by atoms with Crippen molar-refractivity contribution in [3.05, 3.63) is 35.9 Å². The third kappa shape index (κ3) is 3.16. The van der Waals surface area contributed by atoms with Crippen LogP contribution in [-0.4, -0.2) is 18.9 Å². The number of carbonyl (C=O) groups is 2. The van der Waals surface area contributed by atoms with Gasteiger partial charge in [0.15, 0.2) is 0 Å². The van der Waals surface area contributed by atoms with Crippen LogP contribution in [0.3, 0.4) is 0 Å². The van der Waals surface area contributed by atoms with Crippen LogP contribution in [-0.2, 0) is 14.3 Å². The lowest BCUT2D eigenvalue weighted by molar-refractivity contribution is -0.149. The van der Waals surface area contributed by atoms with Crippen molar-refractivity contribution in [1.82, 2.24) is 0 Å². The van der Waals surface area contributed by atoms with Gasteiger partial charge in [-0.3, -0.25) is 9.59 Å². The van der Waals surface area contributed by atoms with E-state index in [9.17, 15) is 9.59 Å². The summed E-state index contributed by atoms with van der Waals surface area (Å²) in [5.74, 6) is -1.41. The first-order chi connectivity index (χ1) is 8.11. The molecule has 0 spiro atoms. The van der Waals surface area contributed by atoms with E-state index in [0.29, 0.717) is 0 Å². The van der Waals surface area contributed by atoms with Crippen molar-refractivity contribution in [2.45, 2.75) is 26.2 Å². The Morgan fingerprint density at radius 3 is 2.24 bits per heavy atom. The quantitative estimate of drug-likeness (QED) is 0.581. The normalized spacial score (nSPS) is 13.8. The van der Waals surface area contributed by atoms with Gasteiger partial charge in [0.1, 0.15) is 11.7 Å². The molecule has 0 aliphatic carbocycles. The van der Waals surface area contributed by atoms with Crippen molar-refractivity contribution < 1.29 is 14.3 Å². The summed E-state index contributed by atoms with van der Waals surface area (Å²) in [5.41, 5.74) is 1.00. The molecule has 92 valence electrons. The molecule has 3 heteroatoms. The van der Waals surface area contributed by atoms with Crippen molar-refractivity contribution in [3.8, 4) is 0 Å². The Balaban J connectivity index is 3.06. The highest BCUT2D eigenvalue weighted by Crippen LogP contribution is 2.29. The molecule has 17 heavy (non-hydrogen) atoms. The van der Waals surface area contributed by atoms with Gasteiger partial charge < -0.3 is 4.74 Å². The van der Waals surface area contributed by atoms with E-state index >= 15 is 0 Å². The lowest BCUT2D eigenvalue weighted by Crippen LogP contribution is -2.29. The minimum atomic E-state index is -0.701. The van der Waals surface area contributed by atoms with Crippen molar-refractivity contribution in [3.63, 3.8) is 0 Å². The maximum atomic E-state index is 11.7. The highest BCUT2D eigenvalue weighted by Gasteiger charge is 2.32. The number of ether oxygens (including phenoxy) is 1.